The van der Waals surface area contributed by atoms with E-state index in [0.717, 1.165) is 30.2 Å². The molecule has 2 aromatic carbocycles. The number of nitrogens with zero attached hydrogens (tertiary/aromatic N) is 2. The number of likely N-dealkylation sites (tertiary alicyclic amines) is 1. The van der Waals surface area contributed by atoms with Crippen LogP contribution in [0.2, 0.25) is 0 Å². The highest BCUT2D eigenvalue weighted by Gasteiger charge is 2.27. The normalized spacial score (nSPS) is 14.5. The Balaban J connectivity index is 1.70. The Bertz CT molecular complexity index is 1000. The van der Waals surface area contributed by atoms with Gasteiger partial charge in [0.05, 0.1) is 12.1 Å². The van der Waals surface area contributed by atoms with E-state index in [2.05, 4.69) is 0 Å². The number of benzene rings is 2. The van der Waals surface area contributed by atoms with Crippen molar-refractivity contribution in [2.24, 2.45) is 0 Å². The van der Waals surface area contributed by atoms with Gasteiger partial charge in [0.15, 0.2) is 0 Å². The predicted octanol–water partition coefficient (Wildman–Crippen LogP) is 4.02. The molecule has 0 spiro atoms. The summed E-state index contributed by atoms with van der Waals surface area (Å²) in [5.74, 6) is -1.21. The van der Waals surface area contributed by atoms with Crippen LogP contribution in [0.25, 0.3) is 10.9 Å². The molecule has 2 heterocycles. The largest absolute Gasteiger partial charge is 0.342 e. The maximum Gasteiger partial charge on any atom is 0.295 e. The third-order valence-corrected chi connectivity index (χ3v) is 5.17. The molecule has 27 heavy (non-hydrogen) atoms. The Morgan fingerprint density at radius 2 is 1.63 bits per heavy atom. The second-order valence-corrected chi connectivity index (χ2v) is 6.96. The molecule has 138 valence electrons. The molecule has 4 nitrogen and oxygen atoms in total. The molecule has 0 unspecified atom stereocenters. The summed E-state index contributed by atoms with van der Waals surface area (Å²) in [7, 11) is 0. The van der Waals surface area contributed by atoms with Gasteiger partial charge < -0.3 is 9.47 Å². The summed E-state index contributed by atoms with van der Waals surface area (Å²) in [5.41, 5.74) is 1.74. The van der Waals surface area contributed by atoms with Crippen molar-refractivity contribution < 1.29 is 14.0 Å². The Morgan fingerprint density at radius 3 is 2.41 bits per heavy atom. The topological polar surface area (TPSA) is 42.3 Å². The summed E-state index contributed by atoms with van der Waals surface area (Å²) in [4.78, 5) is 27.2. The average Bonchev–Trinajstić information content (AvgIpc) is 3.08. The number of aromatic nitrogens is 1. The van der Waals surface area contributed by atoms with Crippen molar-refractivity contribution in [3.63, 3.8) is 0 Å². The molecule has 0 saturated carbocycles. The molecule has 4 rings (SSSR count). The fourth-order valence-electron chi connectivity index (χ4n) is 3.72. The summed E-state index contributed by atoms with van der Waals surface area (Å²) in [6, 6.07) is 14.0. The fraction of sp³-hybridized carbons (Fsp3) is 0.273. The van der Waals surface area contributed by atoms with Crippen molar-refractivity contribution in [2.75, 3.05) is 13.1 Å². The van der Waals surface area contributed by atoms with E-state index in [9.17, 15) is 14.0 Å². The maximum atomic E-state index is 14.1. The van der Waals surface area contributed by atoms with Crippen molar-refractivity contribution in [3.8, 4) is 0 Å². The van der Waals surface area contributed by atoms with Gasteiger partial charge in [-0.3, -0.25) is 9.59 Å². The highest BCUT2D eigenvalue weighted by molar-refractivity contribution is 6.44. The van der Waals surface area contributed by atoms with Gasteiger partial charge in [-0.25, -0.2) is 4.39 Å². The molecule has 1 saturated heterocycles. The zero-order valence-electron chi connectivity index (χ0n) is 15.0. The summed E-state index contributed by atoms with van der Waals surface area (Å²) in [6.07, 6.45) is 4.66. The number of rotatable bonds is 4. The van der Waals surface area contributed by atoms with Crippen LogP contribution in [0.3, 0.4) is 0 Å². The molecular weight excluding hydrogens is 343 g/mol. The van der Waals surface area contributed by atoms with Crippen LogP contribution in [0.15, 0.2) is 54.7 Å². The molecule has 5 heteroatoms. The number of piperidine rings is 1. The van der Waals surface area contributed by atoms with Gasteiger partial charge in [-0.15, -0.1) is 0 Å². The first-order valence-electron chi connectivity index (χ1n) is 9.30. The summed E-state index contributed by atoms with van der Waals surface area (Å²) in [6.45, 7) is 1.58. The number of carbonyl (C=O) groups is 2. The minimum absolute atomic E-state index is 0.285. The maximum absolute atomic E-state index is 14.1. The van der Waals surface area contributed by atoms with E-state index >= 15 is 0 Å². The van der Waals surface area contributed by atoms with Gasteiger partial charge in [0.25, 0.3) is 11.7 Å². The Kier molecular flexibility index (Phi) is 4.75. The van der Waals surface area contributed by atoms with Crippen molar-refractivity contribution in [1.29, 1.82) is 0 Å². The molecular formula is C22H21FN2O2. The van der Waals surface area contributed by atoms with E-state index in [1.54, 1.807) is 29.3 Å². The Labute approximate surface area is 157 Å². The lowest BCUT2D eigenvalue weighted by Gasteiger charge is -2.25. The second-order valence-electron chi connectivity index (χ2n) is 6.96. The van der Waals surface area contributed by atoms with Gasteiger partial charge in [0.2, 0.25) is 0 Å². The van der Waals surface area contributed by atoms with E-state index < -0.39 is 11.7 Å². The van der Waals surface area contributed by atoms with Crippen LogP contribution in [0.4, 0.5) is 4.39 Å². The molecule has 1 aliphatic heterocycles. The standard InChI is InChI=1S/C22H21FN2O2/c23-19-10-4-2-8-16(19)14-25-15-18(17-9-3-5-11-20(17)25)21(26)22(27)24-12-6-1-7-13-24/h2-5,8-11,15H,1,6-7,12-14H2. The minimum atomic E-state index is -0.486. The molecule has 1 aliphatic rings. The average molecular weight is 364 g/mol. The second kappa shape index (κ2) is 7.35. The van der Waals surface area contributed by atoms with Gasteiger partial charge in [-0.1, -0.05) is 36.4 Å². The highest BCUT2D eigenvalue weighted by atomic mass is 19.1. The van der Waals surface area contributed by atoms with E-state index in [4.69, 9.17) is 0 Å². The van der Waals surface area contributed by atoms with Crippen LogP contribution in [0.1, 0.15) is 35.2 Å². The number of halogens is 1. The van der Waals surface area contributed by atoms with Crippen LogP contribution in [-0.4, -0.2) is 34.2 Å². The van der Waals surface area contributed by atoms with Gasteiger partial charge in [0, 0.05) is 35.8 Å². The zero-order chi connectivity index (χ0) is 18.8. The van der Waals surface area contributed by atoms with Crippen LogP contribution in [-0.2, 0) is 11.3 Å². The molecule has 1 amide bonds. The molecule has 0 bridgehead atoms. The first-order valence-corrected chi connectivity index (χ1v) is 9.30. The molecule has 1 aromatic heterocycles. The SMILES string of the molecule is O=C(C(=O)N1CCCCC1)c1cn(Cc2ccccc2F)c2ccccc12. The van der Waals surface area contributed by atoms with Gasteiger partial charge in [-0.2, -0.15) is 0 Å². The minimum Gasteiger partial charge on any atom is -0.342 e. The number of para-hydroxylation sites is 1. The lowest BCUT2D eigenvalue weighted by Crippen LogP contribution is -2.40. The summed E-state index contributed by atoms with van der Waals surface area (Å²) in [5, 5.41) is 0.726. The number of ketones is 1. The Morgan fingerprint density at radius 1 is 0.926 bits per heavy atom. The summed E-state index contributed by atoms with van der Waals surface area (Å²) >= 11 is 0. The van der Waals surface area contributed by atoms with Gasteiger partial charge in [-0.05, 0) is 31.4 Å². The molecule has 0 radical (unpaired) electrons. The van der Waals surface area contributed by atoms with E-state index in [1.807, 2.05) is 28.8 Å². The van der Waals surface area contributed by atoms with Gasteiger partial charge >= 0.3 is 0 Å². The van der Waals surface area contributed by atoms with E-state index in [0.29, 0.717) is 30.8 Å². The van der Waals surface area contributed by atoms with E-state index in [1.165, 1.54) is 6.07 Å². The molecule has 0 N–H and O–H groups in total. The van der Waals surface area contributed by atoms with Crippen molar-refractivity contribution in [2.45, 2.75) is 25.8 Å². The lowest BCUT2D eigenvalue weighted by atomic mass is 10.1. The fourth-order valence-corrected chi connectivity index (χ4v) is 3.72. The predicted molar refractivity (Wildman–Crippen MR) is 102 cm³/mol. The zero-order valence-corrected chi connectivity index (χ0v) is 15.0. The third-order valence-electron chi connectivity index (χ3n) is 5.17. The highest BCUT2D eigenvalue weighted by Crippen LogP contribution is 2.24. The van der Waals surface area contributed by atoms with Crippen molar-refractivity contribution >= 4 is 22.6 Å². The third kappa shape index (κ3) is 3.37. The van der Waals surface area contributed by atoms with Crippen molar-refractivity contribution in [1.82, 2.24) is 9.47 Å². The number of fused-ring (bicyclic) bond motifs is 1. The first kappa shape index (κ1) is 17.5. The number of amides is 1. The number of carbonyl (C=O) groups excluding carboxylic acids is 2. The molecule has 3 aromatic rings. The molecule has 1 fully saturated rings. The van der Waals surface area contributed by atoms with Crippen LogP contribution >= 0.6 is 0 Å². The summed E-state index contributed by atoms with van der Waals surface area (Å²) < 4.78 is 15.9. The van der Waals surface area contributed by atoms with Crippen LogP contribution < -0.4 is 0 Å². The number of Topliss-reactive ketones (excluding diaryl/α,β-unsaturated/α-hetero) is 1. The van der Waals surface area contributed by atoms with E-state index in [-0.39, 0.29) is 5.82 Å². The van der Waals surface area contributed by atoms with Crippen LogP contribution in [0.5, 0.6) is 0 Å². The van der Waals surface area contributed by atoms with Crippen LogP contribution in [0, 0.1) is 5.82 Å². The Hall–Kier alpha value is -2.95. The first-order chi connectivity index (χ1) is 13.1. The van der Waals surface area contributed by atoms with Gasteiger partial charge in [0.1, 0.15) is 5.82 Å². The molecule has 0 aliphatic carbocycles. The smallest absolute Gasteiger partial charge is 0.295 e. The number of hydrogen-bond donors (Lipinski definition) is 0. The quantitative estimate of drug-likeness (QED) is 0.518. The monoisotopic (exact) mass is 364 g/mol. The molecule has 0 atom stereocenters. The number of hydrogen-bond acceptors (Lipinski definition) is 2. The van der Waals surface area contributed by atoms with Crippen molar-refractivity contribution in [3.05, 3.63) is 71.7 Å². The lowest BCUT2D eigenvalue weighted by molar-refractivity contribution is -0.127.